The van der Waals surface area contributed by atoms with Crippen LogP contribution in [0.3, 0.4) is 0 Å². The number of likely N-dealkylation sites (N-methyl/N-ethyl adjacent to an activating group) is 1. The average Bonchev–Trinajstić information content (AvgIpc) is 2.45. The molecule has 1 aliphatic carbocycles. The highest BCUT2D eigenvalue weighted by Crippen LogP contribution is 2.47. The molecule has 1 atom stereocenters. The molecule has 0 bridgehead atoms. The van der Waals surface area contributed by atoms with Gasteiger partial charge in [-0.15, -0.1) is 0 Å². The molecule has 2 nitrogen and oxygen atoms in total. The molecule has 2 rings (SSSR count). The van der Waals surface area contributed by atoms with Gasteiger partial charge in [0.1, 0.15) is 0 Å². The minimum Gasteiger partial charge on any atom is -0.376 e. The van der Waals surface area contributed by atoms with Crippen molar-refractivity contribution >= 4 is 0 Å². The van der Waals surface area contributed by atoms with Crippen LogP contribution in [0.15, 0.2) is 18.2 Å². The summed E-state index contributed by atoms with van der Waals surface area (Å²) in [6.45, 7) is 4.52. The van der Waals surface area contributed by atoms with Crippen LogP contribution in [0.4, 0.5) is 8.78 Å². The topological polar surface area (TPSA) is 21.3 Å². The van der Waals surface area contributed by atoms with Gasteiger partial charge in [0.2, 0.25) is 0 Å². The molecule has 1 aromatic rings. The van der Waals surface area contributed by atoms with Crippen molar-refractivity contribution in [1.82, 2.24) is 5.32 Å². The van der Waals surface area contributed by atoms with E-state index < -0.39 is 11.6 Å². The summed E-state index contributed by atoms with van der Waals surface area (Å²) in [4.78, 5) is 0. The molecule has 1 fully saturated rings. The second kappa shape index (κ2) is 6.01. The predicted molar refractivity (Wildman–Crippen MR) is 80.1 cm³/mol. The van der Waals surface area contributed by atoms with E-state index in [1.807, 2.05) is 7.05 Å². The van der Waals surface area contributed by atoms with Crippen LogP contribution >= 0.6 is 0 Å². The highest BCUT2D eigenvalue weighted by atomic mass is 19.2. The van der Waals surface area contributed by atoms with Gasteiger partial charge in [-0.2, -0.15) is 0 Å². The Kier molecular flexibility index (Phi) is 4.69. The van der Waals surface area contributed by atoms with Crippen molar-refractivity contribution < 1.29 is 13.5 Å². The van der Waals surface area contributed by atoms with E-state index in [1.165, 1.54) is 12.1 Å². The lowest BCUT2D eigenvalue weighted by atomic mass is 9.67. The van der Waals surface area contributed by atoms with Crippen LogP contribution in [0.2, 0.25) is 0 Å². The molecular formula is C17H25F2NO. The number of methoxy groups -OCH3 is 1. The first-order valence-electron chi connectivity index (χ1n) is 7.51. The summed E-state index contributed by atoms with van der Waals surface area (Å²) in [5.74, 6) is -1.63. The van der Waals surface area contributed by atoms with Gasteiger partial charge in [0.05, 0.1) is 11.6 Å². The van der Waals surface area contributed by atoms with E-state index in [0.717, 1.165) is 31.2 Å². The van der Waals surface area contributed by atoms with Gasteiger partial charge in [0.15, 0.2) is 11.6 Å². The Morgan fingerprint density at radius 1 is 1.10 bits per heavy atom. The lowest BCUT2D eigenvalue weighted by molar-refractivity contribution is -0.0862. The molecule has 1 saturated carbocycles. The first-order chi connectivity index (χ1) is 9.83. The molecule has 0 amide bonds. The van der Waals surface area contributed by atoms with Crippen molar-refractivity contribution in [3.63, 3.8) is 0 Å². The number of rotatable bonds is 4. The lowest BCUT2D eigenvalue weighted by Gasteiger charge is -2.47. The maximum Gasteiger partial charge on any atom is 0.159 e. The van der Waals surface area contributed by atoms with Crippen molar-refractivity contribution in [3.8, 4) is 0 Å². The second-order valence-electron chi connectivity index (χ2n) is 6.83. The molecule has 21 heavy (non-hydrogen) atoms. The molecule has 1 aromatic carbocycles. The van der Waals surface area contributed by atoms with Crippen LogP contribution in [-0.2, 0) is 4.74 Å². The van der Waals surface area contributed by atoms with Gasteiger partial charge in [0, 0.05) is 7.11 Å². The summed E-state index contributed by atoms with van der Waals surface area (Å²) in [6.07, 6.45) is 3.92. The fourth-order valence-corrected chi connectivity index (χ4v) is 3.39. The largest absolute Gasteiger partial charge is 0.376 e. The molecule has 4 heteroatoms. The summed E-state index contributed by atoms with van der Waals surface area (Å²) in [7, 11) is 3.55. The number of nitrogens with one attached hydrogen (secondary N) is 1. The second-order valence-corrected chi connectivity index (χ2v) is 6.83. The summed E-state index contributed by atoms with van der Waals surface area (Å²) in [5, 5.41) is 3.24. The van der Waals surface area contributed by atoms with Crippen LogP contribution in [-0.4, -0.2) is 19.8 Å². The Morgan fingerprint density at radius 2 is 1.71 bits per heavy atom. The third-order valence-corrected chi connectivity index (χ3v) is 4.95. The highest BCUT2D eigenvalue weighted by molar-refractivity contribution is 5.25. The maximum atomic E-state index is 13.6. The first kappa shape index (κ1) is 16.4. The van der Waals surface area contributed by atoms with Gasteiger partial charge >= 0.3 is 0 Å². The summed E-state index contributed by atoms with van der Waals surface area (Å²) >= 11 is 0. The Labute approximate surface area is 125 Å². The van der Waals surface area contributed by atoms with E-state index >= 15 is 0 Å². The van der Waals surface area contributed by atoms with Gasteiger partial charge in [-0.3, -0.25) is 0 Å². The molecule has 0 aromatic heterocycles. The molecule has 0 heterocycles. The summed E-state index contributed by atoms with van der Waals surface area (Å²) in [5.41, 5.74) is 0.682. The van der Waals surface area contributed by atoms with Gasteiger partial charge < -0.3 is 10.1 Å². The fraction of sp³-hybridized carbons (Fsp3) is 0.647. The van der Waals surface area contributed by atoms with Gasteiger partial charge in [-0.05, 0) is 55.8 Å². The normalized spacial score (nSPS) is 22.0. The van der Waals surface area contributed by atoms with Crippen LogP contribution in [0.1, 0.15) is 51.1 Å². The van der Waals surface area contributed by atoms with Crippen LogP contribution < -0.4 is 5.32 Å². The Bertz CT molecular complexity index is 492. The third kappa shape index (κ3) is 3.27. The zero-order valence-electron chi connectivity index (χ0n) is 13.3. The van der Waals surface area contributed by atoms with Crippen molar-refractivity contribution in [3.05, 3.63) is 35.4 Å². The first-order valence-corrected chi connectivity index (χ1v) is 7.51. The Morgan fingerprint density at radius 3 is 2.19 bits per heavy atom. The third-order valence-electron chi connectivity index (χ3n) is 4.95. The maximum absolute atomic E-state index is 13.6. The van der Waals surface area contributed by atoms with Crippen LogP contribution in [0.5, 0.6) is 0 Å². The Balaban J connectivity index is 2.31. The highest BCUT2D eigenvalue weighted by Gasteiger charge is 2.44. The zero-order valence-corrected chi connectivity index (χ0v) is 13.3. The molecule has 1 N–H and O–H groups in total. The number of hydrogen-bond acceptors (Lipinski definition) is 2. The van der Waals surface area contributed by atoms with Crippen molar-refractivity contribution in [1.29, 1.82) is 0 Å². The van der Waals surface area contributed by atoms with Gasteiger partial charge in [-0.25, -0.2) is 8.78 Å². The van der Waals surface area contributed by atoms with E-state index in [4.69, 9.17) is 4.74 Å². The molecule has 0 spiro atoms. The van der Waals surface area contributed by atoms with E-state index in [-0.39, 0.29) is 11.6 Å². The standard InChI is InChI=1S/C17H25F2NO/c1-16(2)7-9-17(21-4,10-8-16)15(20-3)12-5-6-13(18)14(19)11-12/h5-6,11,15,20H,7-10H2,1-4H3. The molecule has 1 unspecified atom stereocenters. The van der Waals surface area contributed by atoms with Gasteiger partial charge in [-0.1, -0.05) is 19.9 Å². The van der Waals surface area contributed by atoms with E-state index in [2.05, 4.69) is 19.2 Å². The summed E-state index contributed by atoms with van der Waals surface area (Å²) in [6, 6.07) is 3.95. The minimum atomic E-state index is -0.815. The van der Waals surface area contributed by atoms with E-state index in [0.29, 0.717) is 5.41 Å². The quantitative estimate of drug-likeness (QED) is 0.899. The number of halogens is 2. The molecule has 1 aliphatic rings. The minimum absolute atomic E-state index is 0.145. The Hall–Kier alpha value is -1.00. The van der Waals surface area contributed by atoms with Crippen LogP contribution in [0.25, 0.3) is 0 Å². The van der Waals surface area contributed by atoms with Crippen molar-refractivity contribution in [2.75, 3.05) is 14.2 Å². The average molecular weight is 297 g/mol. The zero-order chi connectivity index (χ0) is 15.7. The molecule has 0 saturated heterocycles. The number of hydrogen-bond donors (Lipinski definition) is 1. The SMILES string of the molecule is CNC(c1ccc(F)c(F)c1)C1(OC)CCC(C)(C)CC1. The molecule has 0 radical (unpaired) electrons. The number of benzene rings is 1. The smallest absolute Gasteiger partial charge is 0.159 e. The van der Waals surface area contributed by atoms with E-state index in [1.54, 1.807) is 13.2 Å². The monoisotopic (exact) mass is 297 g/mol. The molecule has 0 aliphatic heterocycles. The molecular weight excluding hydrogens is 272 g/mol. The lowest BCUT2D eigenvalue weighted by Crippen LogP contribution is -2.48. The molecule has 118 valence electrons. The number of ether oxygens (including phenoxy) is 1. The van der Waals surface area contributed by atoms with Crippen molar-refractivity contribution in [2.45, 2.75) is 51.2 Å². The fourth-order valence-electron chi connectivity index (χ4n) is 3.39. The predicted octanol–water partition coefficient (Wildman–Crippen LogP) is 4.21. The summed E-state index contributed by atoms with van der Waals surface area (Å²) < 4.78 is 32.6. The van der Waals surface area contributed by atoms with Gasteiger partial charge in [0.25, 0.3) is 0 Å². The van der Waals surface area contributed by atoms with Crippen molar-refractivity contribution in [2.24, 2.45) is 5.41 Å². The van der Waals surface area contributed by atoms with E-state index in [9.17, 15) is 8.78 Å². The van der Waals surface area contributed by atoms with Crippen LogP contribution in [0, 0.1) is 17.0 Å².